The molecule has 0 aliphatic heterocycles. The largest absolute Gasteiger partial charge is 0.294 e. The number of hydrogen-bond acceptors (Lipinski definition) is 6. The molecule has 0 heterocycles. The summed E-state index contributed by atoms with van der Waals surface area (Å²) in [6.45, 7) is 0. The van der Waals surface area contributed by atoms with Crippen molar-refractivity contribution in [3.05, 3.63) is 156 Å². The third kappa shape index (κ3) is 4.78. The van der Waals surface area contributed by atoms with Crippen LogP contribution in [0.3, 0.4) is 0 Å². The minimum Gasteiger partial charge on any atom is -0.294 e. The van der Waals surface area contributed by atoms with E-state index in [0.717, 1.165) is 22.5 Å². The van der Waals surface area contributed by atoms with Gasteiger partial charge in [-0.25, -0.2) is 0 Å². The van der Waals surface area contributed by atoms with Crippen molar-refractivity contribution in [2.75, 3.05) is 0 Å². The fraction of sp³-hybridized carbons (Fsp3) is 0.0588. The molecule has 0 bridgehead atoms. The lowest BCUT2D eigenvalue weighted by atomic mass is 9.62. The van der Waals surface area contributed by atoms with Gasteiger partial charge in [-0.05, 0) is 59.7 Å². The number of ketones is 2. The van der Waals surface area contributed by atoms with E-state index in [9.17, 15) is 9.59 Å². The van der Waals surface area contributed by atoms with Crippen molar-refractivity contribution in [2.24, 2.45) is 20.5 Å². The number of nitrogens with zero attached hydrogens (tertiary/aromatic N) is 4. The highest BCUT2D eigenvalue weighted by Gasteiger charge is 2.48. The fourth-order valence-corrected chi connectivity index (χ4v) is 5.05. The van der Waals surface area contributed by atoms with Crippen molar-refractivity contribution in [2.45, 2.75) is 11.8 Å². The van der Waals surface area contributed by atoms with Crippen LogP contribution >= 0.6 is 0 Å². The summed E-state index contributed by atoms with van der Waals surface area (Å²) in [7, 11) is 0. The molecule has 0 amide bonds. The lowest BCUT2D eigenvalue weighted by Crippen LogP contribution is -2.43. The molecule has 1 aliphatic carbocycles. The number of fused-ring (bicyclic) bond motifs is 1. The molecule has 0 fully saturated rings. The summed E-state index contributed by atoms with van der Waals surface area (Å²) in [6, 6.07) is 40.7. The SMILES string of the molecule is O=C1CC(c2ccc(N=Nc3ccccc3)cc2)(c2ccc(N=Nc3ccccc3)cc2)C(=O)c2ccccc21. The van der Waals surface area contributed by atoms with Crippen LogP contribution in [0.25, 0.3) is 0 Å². The van der Waals surface area contributed by atoms with E-state index in [1.54, 1.807) is 24.3 Å². The van der Waals surface area contributed by atoms with E-state index in [1.165, 1.54) is 0 Å². The Morgan fingerprint density at radius 1 is 0.425 bits per heavy atom. The molecule has 6 rings (SSSR count). The first-order valence-corrected chi connectivity index (χ1v) is 13.0. The molecule has 192 valence electrons. The van der Waals surface area contributed by atoms with Gasteiger partial charge in [-0.2, -0.15) is 20.5 Å². The van der Waals surface area contributed by atoms with Crippen molar-refractivity contribution in [3.8, 4) is 0 Å². The van der Waals surface area contributed by atoms with Crippen LogP contribution in [-0.4, -0.2) is 11.6 Å². The summed E-state index contributed by atoms with van der Waals surface area (Å²) in [5, 5.41) is 17.2. The number of azo groups is 2. The second-order valence-electron chi connectivity index (χ2n) is 9.54. The number of rotatable bonds is 6. The van der Waals surface area contributed by atoms with E-state index >= 15 is 0 Å². The zero-order chi connectivity index (χ0) is 27.4. The second kappa shape index (κ2) is 10.8. The van der Waals surface area contributed by atoms with Gasteiger partial charge in [-0.1, -0.05) is 84.9 Å². The molecule has 0 saturated heterocycles. The predicted octanol–water partition coefficient (Wildman–Crippen LogP) is 9.27. The first-order chi connectivity index (χ1) is 19.6. The van der Waals surface area contributed by atoms with Gasteiger partial charge in [-0.15, -0.1) is 0 Å². The minimum atomic E-state index is -1.18. The highest BCUT2D eigenvalue weighted by atomic mass is 16.1. The number of carbonyl (C=O) groups excluding carboxylic acids is 2. The van der Waals surface area contributed by atoms with E-state index in [-0.39, 0.29) is 18.0 Å². The standard InChI is InChI=1S/C34H24N4O2/c39-32-23-34(33(40)31-14-8-7-13-30(31)32,24-15-19-28(20-16-24)37-35-26-9-3-1-4-10-26)25-17-21-29(22-18-25)38-36-27-11-5-2-6-12-27/h1-22H,23H2. The van der Waals surface area contributed by atoms with E-state index in [0.29, 0.717) is 22.5 Å². The van der Waals surface area contributed by atoms with E-state index in [1.807, 2.05) is 109 Å². The Hall–Kier alpha value is -5.36. The summed E-state index contributed by atoms with van der Waals surface area (Å²) in [4.78, 5) is 27.7. The second-order valence-corrected chi connectivity index (χ2v) is 9.54. The van der Waals surface area contributed by atoms with Crippen LogP contribution in [0.5, 0.6) is 0 Å². The van der Waals surface area contributed by atoms with Gasteiger partial charge in [0, 0.05) is 17.5 Å². The molecule has 5 aromatic rings. The maximum atomic E-state index is 14.2. The molecular formula is C34H24N4O2. The zero-order valence-electron chi connectivity index (χ0n) is 21.5. The first kappa shape index (κ1) is 24.9. The number of Topliss-reactive ketones (excluding diaryl/α,β-unsaturated/α-hetero) is 2. The monoisotopic (exact) mass is 520 g/mol. The molecule has 6 heteroatoms. The lowest BCUT2D eigenvalue weighted by Gasteiger charge is -2.37. The topological polar surface area (TPSA) is 83.6 Å². The maximum Gasteiger partial charge on any atom is 0.178 e. The van der Waals surface area contributed by atoms with Gasteiger partial charge in [0.15, 0.2) is 11.6 Å². The van der Waals surface area contributed by atoms with Crippen LogP contribution < -0.4 is 0 Å². The summed E-state index contributed by atoms with van der Waals surface area (Å²) >= 11 is 0. The molecule has 5 aromatic carbocycles. The molecule has 0 aromatic heterocycles. The van der Waals surface area contributed by atoms with Crippen molar-refractivity contribution in [3.63, 3.8) is 0 Å². The maximum absolute atomic E-state index is 14.2. The van der Waals surface area contributed by atoms with Gasteiger partial charge in [0.25, 0.3) is 0 Å². The number of hydrogen-bond donors (Lipinski definition) is 0. The van der Waals surface area contributed by atoms with E-state index in [4.69, 9.17) is 0 Å². The number of carbonyl (C=O) groups is 2. The van der Waals surface area contributed by atoms with Crippen LogP contribution in [-0.2, 0) is 5.41 Å². The lowest BCUT2D eigenvalue weighted by molar-refractivity contribution is 0.0815. The van der Waals surface area contributed by atoms with Crippen molar-refractivity contribution in [1.29, 1.82) is 0 Å². The van der Waals surface area contributed by atoms with Crippen molar-refractivity contribution in [1.82, 2.24) is 0 Å². The Kier molecular flexibility index (Phi) is 6.73. The van der Waals surface area contributed by atoms with Crippen LogP contribution in [0.4, 0.5) is 22.7 Å². The summed E-state index contributed by atoms with van der Waals surface area (Å²) in [6.07, 6.45) is 0.0264. The van der Waals surface area contributed by atoms with Gasteiger partial charge in [-0.3, -0.25) is 9.59 Å². The van der Waals surface area contributed by atoms with E-state index in [2.05, 4.69) is 20.5 Å². The van der Waals surface area contributed by atoms with E-state index < -0.39 is 5.41 Å². The smallest absolute Gasteiger partial charge is 0.178 e. The molecule has 0 atom stereocenters. The Morgan fingerprint density at radius 3 is 1.25 bits per heavy atom. The average molecular weight is 521 g/mol. The Labute approximate surface area is 231 Å². The van der Waals surface area contributed by atoms with Crippen LogP contribution in [0.2, 0.25) is 0 Å². The van der Waals surface area contributed by atoms with Crippen LogP contribution in [0.15, 0.2) is 154 Å². The minimum absolute atomic E-state index is 0.0264. The molecule has 0 unspecified atom stereocenters. The molecule has 6 nitrogen and oxygen atoms in total. The Bertz CT molecular complexity index is 1630. The molecule has 0 N–H and O–H groups in total. The summed E-state index contributed by atoms with van der Waals surface area (Å²) < 4.78 is 0. The predicted molar refractivity (Wildman–Crippen MR) is 155 cm³/mol. The highest BCUT2D eigenvalue weighted by Crippen LogP contribution is 2.44. The average Bonchev–Trinajstić information content (AvgIpc) is 3.02. The molecule has 0 radical (unpaired) electrons. The molecule has 40 heavy (non-hydrogen) atoms. The third-order valence-electron chi connectivity index (χ3n) is 7.08. The third-order valence-corrected chi connectivity index (χ3v) is 7.08. The van der Waals surface area contributed by atoms with Crippen molar-refractivity contribution >= 4 is 34.3 Å². The quantitative estimate of drug-likeness (QED) is 0.209. The molecule has 0 saturated carbocycles. The van der Waals surface area contributed by atoms with Gasteiger partial charge in [0.1, 0.15) is 0 Å². The van der Waals surface area contributed by atoms with Gasteiger partial charge >= 0.3 is 0 Å². The Balaban J connectivity index is 1.39. The van der Waals surface area contributed by atoms with Crippen LogP contribution in [0, 0.1) is 0 Å². The molecular weight excluding hydrogens is 496 g/mol. The van der Waals surface area contributed by atoms with Gasteiger partial charge in [0.05, 0.1) is 28.2 Å². The fourth-order valence-electron chi connectivity index (χ4n) is 5.05. The Morgan fingerprint density at radius 2 is 0.800 bits per heavy atom. The van der Waals surface area contributed by atoms with Crippen LogP contribution in [0.1, 0.15) is 38.3 Å². The summed E-state index contributed by atoms with van der Waals surface area (Å²) in [5.74, 6) is -0.184. The molecule has 1 aliphatic rings. The molecule has 0 spiro atoms. The first-order valence-electron chi connectivity index (χ1n) is 13.0. The zero-order valence-corrected chi connectivity index (χ0v) is 21.5. The normalized spacial score (nSPS) is 16.9. The van der Waals surface area contributed by atoms with Crippen molar-refractivity contribution < 1.29 is 9.59 Å². The summed E-state index contributed by atoms with van der Waals surface area (Å²) in [5.41, 5.74) is 3.94. The highest BCUT2D eigenvalue weighted by molar-refractivity contribution is 6.20. The van der Waals surface area contributed by atoms with Gasteiger partial charge < -0.3 is 0 Å². The van der Waals surface area contributed by atoms with Gasteiger partial charge in [0.2, 0.25) is 0 Å². The number of benzene rings is 5.